The van der Waals surface area contributed by atoms with Crippen molar-refractivity contribution in [2.24, 2.45) is 5.92 Å². The van der Waals surface area contributed by atoms with Crippen LogP contribution in [0.4, 0.5) is 0 Å². The minimum absolute atomic E-state index is 0.100. The summed E-state index contributed by atoms with van der Waals surface area (Å²) in [5, 5.41) is 0. The van der Waals surface area contributed by atoms with Crippen molar-refractivity contribution in [3.63, 3.8) is 0 Å². The van der Waals surface area contributed by atoms with Crippen LogP contribution in [0.1, 0.15) is 26.7 Å². The molecule has 6 heteroatoms. The molecule has 0 bridgehead atoms. The lowest BCUT2D eigenvalue weighted by Crippen LogP contribution is -2.50. The fourth-order valence-corrected chi connectivity index (χ4v) is 3.80. The number of benzene rings is 1. The van der Waals surface area contributed by atoms with Crippen LogP contribution in [0.25, 0.3) is 0 Å². The molecule has 0 radical (unpaired) electrons. The highest BCUT2D eigenvalue weighted by Crippen LogP contribution is 2.16. The molecule has 1 heterocycles. The van der Waals surface area contributed by atoms with Crippen molar-refractivity contribution in [3.05, 3.63) is 30.3 Å². The van der Waals surface area contributed by atoms with Crippen LogP contribution < -0.4 is 4.72 Å². The number of carbonyl (C=O) groups excluding carboxylic acids is 1. The van der Waals surface area contributed by atoms with Crippen molar-refractivity contribution in [2.45, 2.75) is 37.6 Å². The number of likely N-dealkylation sites (tertiary alicyclic amines) is 1. The maximum Gasteiger partial charge on any atom is 0.241 e. The second-order valence-corrected chi connectivity index (χ2v) is 7.40. The summed E-state index contributed by atoms with van der Waals surface area (Å²) in [6.45, 7) is 5.14. The van der Waals surface area contributed by atoms with Crippen LogP contribution in [-0.2, 0) is 14.8 Å². The molecule has 0 aliphatic carbocycles. The molecule has 1 aliphatic rings. The van der Waals surface area contributed by atoms with Gasteiger partial charge in [0.15, 0.2) is 0 Å². The molecule has 1 aliphatic heterocycles. The fourth-order valence-electron chi connectivity index (χ4n) is 2.44. The van der Waals surface area contributed by atoms with E-state index in [9.17, 15) is 13.2 Å². The van der Waals surface area contributed by atoms with E-state index in [1.54, 1.807) is 23.1 Å². The largest absolute Gasteiger partial charge is 0.341 e. The van der Waals surface area contributed by atoms with E-state index in [0.717, 1.165) is 25.9 Å². The zero-order valence-corrected chi connectivity index (χ0v) is 13.3. The standard InChI is InChI=1S/C15H22N2O3S/c1-12(2)14(15(18)17-10-6-7-11-17)16-21(19,20)13-8-4-3-5-9-13/h3-5,8-9,12,14,16H,6-7,10-11H2,1-2H3/t14-/m0/s1. The maximum absolute atomic E-state index is 12.5. The molecule has 116 valence electrons. The molecule has 0 aromatic heterocycles. The highest BCUT2D eigenvalue weighted by Gasteiger charge is 2.32. The van der Waals surface area contributed by atoms with E-state index in [1.807, 2.05) is 13.8 Å². The Labute approximate surface area is 126 Å². The first-order valence-corrected chi connectivity index (χ1v) is 8.76. The quantitative estimate of drug-likeness (QED) is 0.898. The van der Waals surface area contributed by atoms with E-state index in [0.29, 0.717) is 0 Å². The van der Waals surface area contributed by atoms with Gasteiger partial charge in [0.25, 0.3) is 0 Å². The Hall–Kier alpha value is -1.40. The van der Waals surface area contributed by atoms with E-state index in [4.69, 9.17) is 0 Å². The molecule has 0 spiro atoms. The summed E-state index contributed by atoms with van der Waals surface area (Å²) in [6, 6.07) is 7.44. The summed E-state index contributed by atoms with van der Waals surface area (Å²) in [7, 11) is -3.68. The molecular formula is C15H22N2O3S. The Kier molecular flexibility index (Phi) is 5.00. The summed E-state index contributed by atoms with van der Waals surface area (Å²) < 4.78 is 27.3. The Balaban J connectivity index is 2.18. The molecular weight excluding hydrogens is 288 g/mol. The van der Waals surface area contributed by atoms with Crippen LogP contribution in [0, 0.1) is 5.92 Å². The summed E-state index contributed by atoms with van der Waals surface area (Å²) >= 11 is 0. The third kappa shape index (κ3) is 3.83. The van der Waals surface area contributed by atoms with Crippen LogP contribution in [0.3, 0.4) is 0 Å². The van der Waals surface area contributed by atoms with Crippen molar-refractivity contribution < 1.29 is 13.2 Å². The number of nitrogens with zero attached hydrogens (tertiary/aromatic N) is 1. The summed E-state index contributed by atoms with van der Waals surface area (Å²) in [6.07, 6.45) is 1.98. The summed E-state index contributed by atoms with van der Waals surface area (Å²) in [4.78, 5) is 14.4. The van der Waals surface area contributed by atoms with Gasteiger partial charge in [0.2, 0.25) is 15.9 Å². The lowest BCUT2D eigenvalue weighted by atomic mass is 10.0. The number of hydrogen-bond acceptors (Lipinski definition) is 3. The van der Waals surface area contributed by atoms with Gasteiger partial charge in [0, 0.05) is 13.1 Å². The van der Waals surface area contributed by atoms with Crippen LogP contribution in [0.2, 0.25) is 0 Å². The molecule has 0 unspecified atom stereocenters. The zero-order valence-electron chi connectivity index (χ0n) is 12.5. The Morgan fingerprint density at radius 1 is 1.14 bits per heavy atom. The van der Waals surface area contributed by atoms with Gasteiger partial charge in [-0.25, -0.2) is 8.42 Å². The van der Waals surface area contributed by atoms with Gasteiger partial charge in [-0.1, -0.05) is 32.0 Å². The first kappa shape index (κ1) is 16.0. The molecule has 5 nitrogen and oxygen atoms in total. The van der Waals surface area contributed by atoms with E-state index in [2.05, 4.69) is 4.72 Å². The summed E-state index contributed by atoms with van der Waals surface area (Å²) in [5.74, 6) is -0.224. The number of sulfonamides is 1. The van der Waals surface area contributed by atoms with Crippen molar-refractivity contribution in [2.75, 3.05) is 13.1 Å². The average Bonchev–Trinajstić information content (AvgIpc) is 2.99. The van der Waals surface area contributed by atoms with E-state index in [1.165, 1.54) is 12.1 Å². The number of carbonyl (C=O) groups is 1. The third-order valence-electron chi connectivity index (χ3n) is 3.69. The molecule has 0 saturated carbocycles. The Bertz CT molecular complexity index is 578. The predicted molar refractivity (Wildman–Crippen MR) is 81.2 cm³/mol. The average molecular weight is 310 g/mol. The summed E-state index contributed by atoms with van der Waals surface area (Å²) in [5.41, 5.74) is 0. The van der Waals surface area contributed by atoms with Gasteiger partial charge in [0.1, 0.15) is 6.04 Å². The molecule has 1 fully saturated rings. The monoisotopic (exact) mass is 310 g/mol. The van der Waals surface area contributed by atoms with Crippen molar-refractivity contribution in [1.82, 2.24) is 9.62 Å². The Morgan fingerprint density at radius 2 is 1.71 bits per heavy atom. The van der Waals surface area contributed by atoms with Crippen molar-refractivity contribution >= 4 is 15.9 Å². The number of amides is 1. The highest BCUT2D eigenvalue weighted by molar-refractivity contribution is 7.89. The van der Waals surface area contributed by atoms with Gasteiger partial charge in [-0.05, 0) is 30.9 Å². The minimum atomic E-state index is -3.68. The number of rotatable bonds is 5. The van der Waals surface area contributed by atoms with E-state index in [-0.39, 0.29) is 16.7 Å². The molecule has 2 rings (SSSR count). The van der Waals surface area contributed by atoms with Gasteiger partial charge in [-0.2, -0.15) is 4.72 Å². The highest BCUT2D eigenvalue weighted by atomic mass is 32.2. The van der Waals surface area contributed by atoms with Gasteiger partial charge in [0.05, 0.1) is 4.90 Å². The molecule has 1 amide bonds. The topological polar surface area (TPSA) is 66.5 Å². The normalized spacial score (nSPS) is 17.2. The minimum Gasteiger partial charge on any atom is -0.341 e. The smallest absolute Gasteiger partial charge is 0.241 e. The van der Waals surface area contributed by atoms with Crippen LogP contribution in [0.15, 0.2) is 35.2 Å². The van der Waals surface area contributed by atoms with Gasteiger partial charge < -0.3 is 4.90 Å². The molecule has 1 aromatic carbocycles. The van der Waals surface area contributed by atoms with Crippen molar-refractivity contribution in [1.29, 1.82) is 0 Å². The lowest BCUT2D eigenvalue weighted by Gasteiger charge is -2.26. The van der Waals surface area contributed by atoms with Gasteiger partial charge >= 0.3 is 0 Å². The number of nitrogens with one attached hydrogen (secondary N) is 1. The number of hydrogen-bond donors (Lipinski definition) is 1. The van der Waals surface area contributed by atoms with Gasteiger partial charge in [-0.15, -0.1) is 0 Å². The second-order valence-electron chi connectivity index (χ2n) is 5.69. The molecule has 1 saturated heterocycles. The van der Waals surface area contributed by atoms with Crippen LogP contribution in [-0.4, -0.2) is 38.4 Å². The van der Waals surface area contributed by atoms with Crippen LogP contribution >= 0.6 is 0 Å². The fraction of sp³-hybridized carbons (Fsp3) is 0.533. The molecule has 1 aromatic rings. The Morgan fingerprint density at radius 3 is 2.24 bits per heavy atom. The molecule has 1 atom stereocenters. The second kappa shape index (κ2) is 6.58. The van der Waals surface area contributed by atoms with Crippen LogP contribution in [0.5, 0.6) is 0 Å². The zero-order chi connectivity index (χ0) is 15.5. The molecule has 21 heavy (non-hydrogen) atoms. The van der Waals surface area contributed by atoms with E-state index < -0.39 is 16.1 Å². The molecule has 1 N–H and O–H groups in total. The van der Waals surface area contributed by atoms with Crippen molar-refractivity contribution in [3.8, 4) is 0 Å². The van der Waals surface area contributed by atoms with E-state index >= 15 is 0 Å². The van der Waals surface area contributed by atoms with Gasteiger partial charge in [-0.3, -0.25) is 4.79 Å². The maximum atomic E-state index is 12.5. The first-order chi connectivity index (χ1) is 9.92. The predicted octanol–water partition coefficient (Wildman–Crippen LogP) is 1.61. The first-order valence-electron chi connectivity index (χ1n) is 7.28. The third-order valence-corrected chi connectivity index (χ3v) is 5.14. The lowest BCUT2D eigenvalue weighted by molar-refractivity contribution is -0.132. The SMILES string of the molecule is CC(C)[C@H](NS(=O)(=O)c1ccccc1)C(=O)N1CCCC1.